The molecule has 2 aromatic rings. The number of ether oxygens (including phenoxy) is 2. The number of unbranched alkanes of at least 4 members (excludes halogenated alkanes) is 1. The molecule has 174 valence electrons. The highest BCUT2D eigenvalue weighted by molar-refractivity contribution is 5.92. The van der Waals surface area contributed by atoms with Crippen molar-refractivity contribution in [2.24, 2.45) is 5.73 Å². The molecule has 9 nitrogen and oxygen atoms in total. The van der Waals surface area contributed by atoms with Crippen LogP contribution in [0, 0.1) is 5.41 Å². The molecule has 1 aliphatic heterocycles. The van der Waals surface area contributed by atoms with E-state index in [1.165, 1.54) is 13.2 Å². The molecule has 0 fully saturated rings. The average Bonchev–Trinajstić information content (AvgIpc) is 3.18. The van der Waals surface area contributed by atoms with E-state index in [0.717, 1.165) is 24.0 Å². The van der Waals surface area contributed by atoms with Gasteiger partial charge >= 0.3 is 5.97 Å². The van der Waals surface area contributed by atoms with Gasteiger partial charge in [-0.2, -0.15) is 0 Å². The van der Waals surface area contributed by atoms with Crippen LogP contribution in [0.1, 0.15) is 41.6 Å². The van der Waals surface area contributed by atoms with Crippen molar-refractivity contribution < 1.29 is 24.2 Å². The molecule has 0 aliphatic carbocycles. The summed E-state index contributed by atoms with van der Waals surface area (Å²) in [5, 5.41) is 22.2. The summed E-state index contributed by atoms with van der Waals surface area (Å²) in [6, 6.07) is 11.9. The van der Waals surface area contributed by atoms with Gasteiger partial charge in [0.2, 0.25) is 5.91 Å². The van der Waals surface area contributed by atoms with Crippen molar-refractivity contribution in [3.8, 4) is 11.5 Å². The number of phenols is 1. The molecule has 1 amide bonds. The topological polar surface area (TPSA) is 147 Å². The van der Waals surface area contributed by atoms with E-state index in [1.807, 2.05) is 12.1 Å². The molecule has 1 aliphatic rings. The van der Waals surface area contributed by atoms with Crippen molar-refractivity contribution in [2.75, 3.05) is 20.2 Å². The number of carbonyl (C=O) groups is 2. The van der Waals surface area contributed by atoms with E-state index in [1.54, 1.807) is 36.4 Å². The third kappa shape index (κ3) is 6.25. The molecule has 0 spiro atoms. The van der Waals surface area contributed by atoms with Gasteiger partial charge in [-0.05, 0) is 54.3 Å². The van der Waals surface area contributed by atoms with Crippen LogP contribution in [0.5, 0.6) is 11.5 Å². The molecule has 3 rings (SSSR count). The largest absolute Gasteiger partial charge is 0.508 e. The molecule has 0 saturated heterocycles. The van der Waals surface area contributed by atoms with Crippen LogP contribution in [-0.2, 0) is 14.3 Å². The van der Waals surface area contributed by atoms with E-state index in [9.17, 15) is 14.7 Å². The van der Waals surface area contributed by atoms with E-state index in [2.05, 4.69) is 10.6 Å². The maximum Gasteiger partial charge on any atom is 0.317 e. The summed E-state index contributed by atoms with van der Waals surface area (Å²) in [6.45, 7) is 1.10. The van der Waals surface area contributed by atoms with Crippen molar-refractivity contribution >= 4 is 23.9 Å². The number of carbonyl (C=O) groups excluding carboxylic acids is 2. The average molecular weight is 453 g/mol. The fraction of sp³-hybridized carbons (Fsp3) is 0.292. The Balaban J connectivity index is 1.65. The Morgan fingerprint density at radius 3 is 2.52 bits per heavy atom. The number of hydrogen-bond acceptors (Lipinski definition) is 6. The van der Waals surface area contributed by atoms with E-state index in [0.29, 0.717) is 24.4 Å². The third-order valence-corrected chi connectivity index (χ3v) is 5.25. The monoisotopic (exact) mass is 452 g/mol. The molecule has 6 N–H and O–H groups in total. The van der Waals surface area contributed by atoms with Gasteiger partial charge in [0, 0.05) is 24.7 Å². The normalized spacial score (nSPS) is 16.6. The lowest BCUT2D eigenvalue weighted by Gasteiger charge is -2.17. The van der Waals surface area contributed by atoms with E-state index in [-0.39, 0.29) is 17.6 Å². The summed E-state index contributed by atoms with van der Waals surface area (Å²) in [6.07, 6.45) is 4.08. The highest BCUT2D eigenvalue weighted by Crippen LogP contribution is 2.47. The number of esters is 1. The Labute approximate surface area is 192 Å². The van der Waals surface area contributed by atoms with Gasteiger partial charge in [0.15, 0.2) is 5.96 Å². The summed E-state index contributed by atoms with van der Waals surface area (Å²) in [5.41, 5.74) is 7.38. The van der Waals surface area contributed by atoms with E-state index >= 15 is 0 Å². The van der Waals surface area contributed by atoms with Crippen LogP contribution in [0.25, 0.3) is 6.08 Å². The van der Waals surface area contributed by atoms with Crippen LogP contribution in [0.3, 0.4) is 0 Å². The second-order valence-electron chi connectivity index (χ2n) is 7.60. The lowest BCUT2D eigenvalue weighted by atomic mass is 9.90. The molecule has 2 aromatic carbocycles. The van der Waals surface area contributed by atoms with Crippen molar-refractivity contribution in [3.05, 3.63) is 65.2 Å². The number of nitrogens with one attached hydrogen (secondary N) is 3. The molecular weight excluding hydrogens is 424 g/mol. The second kappa shape index (κ2) is 11.0. The molecule has 33 heavy (non-hydrogen) atoms. The van der Waals surface area contributed by atoms with Crippen LogP contribution in [0.2, 0.25) is 0 Å². The first-order valence-electron chi connectivity index (χ1n) is 10.6. The number of fused-ring (bicyclic) bond motifs is 1. The van der Waals surface area contributed by atoms with Gasteiger partial charge < -0.3 is 30.9 Å². The number of benzene rings is 2. The first-order valence-corrected chi connectivity index (χ1v) is 10.6. The molecule has 2 atom stereocenters. The van der Waals surface area contributed by atoms with Crippen molar-refractivity contribution in [2.45, 2.75) is 24.9 Å². The van der Waals surface area contributed by atoms with Gasteiger partial charge in [-0.25, -0.2) is 0 Å². The Hall–Kier alpha value is -4.01. The number of aromatic hydroxyl groups is 1. The summed E-state index contributed by atoms with van der Waals surface area (Å²) in [7, 11) is 1.33. The summed E-state index contributed by atoms with van der Waals surface area (Å²) < 4.78 is 11.1. The zero-order valence-electron chi connectivity index (χ0n) is 18.3. The van der Waals surface area contributed by atoms with Crippen LogP contribution in [-0.4, -0.2) is 43.1 Å². The number of guanidine groups is 1. The van der Waals surface area contributed by atoms with Crippen molar-refractivity contribution in [3.63, 3.8) is 0 Å². The smallest absolute Gasteiger partial charge is 0.317 e. The van der Waals surface area contributed by atoms with Gasteiger partial charge in [-0.3, -0.25) is 15.0 Å². The number of nitrogens with two attached hydrogens (primary N) is 1. The van der Waals surface area contributed by atoms with Gasteiger partial charge in [0.25, 0.3) is 0 Å². The van der Waals surface area contributed by atoms with Crippen molar-refractivity contribution in [1.29, 1.82) is 5.41 Å². The predicted molar refractivity (Wildman–Crippen MR) is 124 cm³/mol. The fourth-order valence-corrected chi connectivity index (χ4v) is 3.61. The molecule has 1 heterocycles. The zero-order valence-corrected chi connectivity index (χ0v) is 18.3. The lowest BCUT2D eigenvalue weighted by Crippen LogP contribution is -2.31. The summed E-state index contributed by atoms with van der Waals surface area (Å²) in [5.74, 6) is -0.680. The SMILES string of the molecule is COC(=O)[C@@H]1c2cc(/C=C/C(=O)NCCCCNC(=N)N)ccc2O[C@H]1c1ccc(O)cc1. The Morgan fingerprint density at radius 1 is 1.15 bits per heavy atom. The highest BCUT2D eigenvalue weighted by Gasteiger charge is 2.41. The number of methoxy groups -OCH3 is 1. The first kappa shape index (κ1) is 23.6. The van der Waals surface area contributed by atoms with Crippen molar-refractivity contribution in [1.82, 2.24) is 10.6 Å². The maximum absolute atomic E-state index is 12.6. The van der Waals surface area contributed by atoms with E-state index in [4.69, 9.17) is 20.6 Å². The van der Waals surface area contributed by atoms with Gasteiger partial charge in [0.05, 0.1) is 7.11 Å². The number of phenolic OH excluding ortho intramolecular Hbond substituents is 1. The Morgan fingerprint density at radius 2 is 1.85 bits per heavy atom. The van der Waals surface area contributed by atoms with Crippen LogP contribution >= 0.6 is 0 Å². The van der Waals surface area contributed by atoms with Gasteiger partial charge in [0.1, 0.15) is 23.5 Å². The minimum Gasteiger partial charge on any atom is -0.508 e. The minimum atomic E-state index is -0.666. The quantitative estimate of drug-likeness (QED) is 0.129. The third-order valence-electron chi connectivity index (χ3n) is 5.25. The fourth-order valence-electron chi connectivity index (χ4n) is 3.61. The van der Waals surface area contributed by atoms with Crippen LogP contribution in [0.4, 0.5) is 0 Å². The predicted octanol–water partition coefficient (Wildman–Crippen LogP) is 2.18. The van der Waals surface area contributed by atoms with Gasteiger partial charge in [-0.15, -0.1) is 0 Å². The summed E-state index contributed by atoms with van der Waals surface area (Å²) in [4.78, 5) is 24.7. The Kier molecular flexibility index (Phi) is 7.91. The molecule has 0 unspecified atom stereocenters. The first-order chi connectivity index (χ1) is 15.9. The van der Waals surface area contributed by atoms with Crippen LogP contribution in [0.15, 0.2) is 48.5 Å². The Bertz CT molecular complexity index is 1040. The molecule has 0 bridgehead atoms. The lowest BCUT2D eigenvalue weighted by molar-refractivity contribution is -0.144. The number of rotatable bonds is 9. The van der Waals surface area contributed by atoms with E-state index < -0.39 is 18.0 Å². The molecule has 0 saturated carbocycles. The molecule has 0 aromatic heterocycles. The number of hydrogen-bond donors (Lipinski definition) is 5. The maximum atomic E-state index is 12.6. The highest BCUT2D eigenvalue weighted by atomic mass is 16.5. The number of amides is 1. The van der Waals surface area contributed by atoms with Gasteiger partial charge in [-0.1, -0.05) is 18.2 Å². The van der Waals surface area contributed by atoms with Crippen LogP contribution < -0.4 is 21.1 Å². The second-order valence-corrected chi connectivity index (χ2v) is 7.60. The molecular formula is C24H28N4O5. The zero-order chi connectivity index (χ0) is 23.8. The summed E-state index contributed by atoms with van der Waals surface area (Å²) >= 11 is 0. The molecule has 0 radical (unpaired) electrons. The standard InChI is InChI=1S/C24H28N4O5/c1-32-23(31)21-18-14-15(5-11-20(30)27-12-2-3-13-28-24(25)26)4-10-19(18)33-22(21)16-6-8-17(29)9-7-16/h4-11,14,21-22,29H,2-3,12-13H2,1H3,(H,27,30)(H4,25,26,28)/b11-5+/t21-,22+/m1/s1. The minimum absolute atomic E-state index is 0.0643. The molecule has 9 heteroatoms.